The second-order valence-corrected chi connectivity index (χ2v) is 6.41. The fourth-order valence-electron chi connectivity index (χ4n) is 2.19. The standard InChI is InChI=1S/C18H16BrN5O2/c1-11-8-12(2)22-18(21-11)24-23-17(25)13-6-7-16(20-10-13)26-15-5-3-4-14(19)9-15/h3-10H,1-2H3,(H,23,25)(H,21,22,24). The molecule has 0 saturated heterocycles. The smallest absolute Gasteiger partial charge is 0.271 e. The minimum Gasteiger partial charge on any atom is -0.439 e. The predicted molar refractivity (Wildman–Crippen MR) is 101 cm³/mol. The summed E-state index contributed by atoms with van der Waals surface area (Å²) in [5.74, 6) is 1.02. The van der Waals surface area contributed by atoms with Crippen LogP contribution in [-0.4, -0.2) is 20.9 Å². The molecule has 2 aromatic heterocycles. The van der Waals surface area contributed by atoms with Gasteiger partial charge in [-0.3, -0.25) is 15.6 Å². The number of nitrogens with zero attached hydrogens (tertiary/aromatic N) is 3. The molecule has 1 aromatic carbocycles. The van der Waals surface area contributed by atoms with E-state index in [1.165, 1.54) is 6.20 Å². The third-order valence-electron chi connectivity index (χ3n) is 3.29. The highest BCUT2D eigenvalue weighted by Crippen LogP contribution is 2.22. The molecule has 0 aliphatic carbocycles. The number of aryl methyl sites for hydroxylation is 2. The Balaban J connectivity index is 1.61. The maximum absolute atomic E-state index is 12.2. The van der Waals surface area contributed by atoms with E-state index in [1.807, 2.05) is 44.2 Å². The van der Waals surface area contributed by atoms with Crippen molar-refractivity contribution in [1.82, 2.24) is 20.4 Å². The van der Waals surface area contributed by atoms with Crippen molar-refractivity contribution in [2.45, 2.75) is 13.8 Å². The van der Waals surface area contributed by atoms with Crippen molar-refractivity contribution in [3.05, 3.63) is 70.1 Å². The number of hydrazine groups is 1. The number of benzene rings is 1. The summed E-state index contributed by atoms with van der Waals surface area (Å²) >= 11 is 3.38. The van der Waals surface area contributed by atoms with Gasteiger partial charge in [-0.25, -0.2) is 15.0 Å². The van der Waals surface area contributed by atoms with E-state index in [2.05, 4.69) is 41.7 Å². The van der Waals surface area contributed by atoms with E-state index in [-0.39, 0.29) is 5.91 Å². The Morgan fingerprint density at radius 3 is 2.50 bits per heavy atom. The van der Waals surface area contributed by atoms with Crippen molar-refractivity contribution >= 4 is 27.8 Å². The molecule has 0 saturated carbocycles. The molecule has 2 heterocycles. The average Bonchev–Trinajstić information content (AvgIpc) is 2.59. The van der Waals surface area contributed by atoms with Crippen LogP contribution in [0.15, 0.2) is 53.1 Å². The Kier molecular flexibility index (Phi) is 5.43. The SMILES string of the molecule is Cc1cc(C)nc(NNC(=O)c2ccc(Oc3cccc(Br)c3)nc2)n1. The van der Waals surface area contributed by atoms with Crippen LogP contribution in [0.1, 0.15) is 21.7 Å². The van der Waals surface area contributed by atoms with E-state index in [9.17, 15) is 4.79 Å². The summed E-state index contributed by atoms with van der Waals surface area (Å²) in [6, 6.07) is 12.5. The molecular weight excluding hydrogens is 398 g/mol. The van der Waals surface area contributed by atoms with Gasteiger partial charge in [-0.05, 0) is 44.2 Å². The van der Waals surface area contributed by atoms with E-state index < -0.39 is 0 Å². The Hall–Kier alpha value is -3.00. The number of carbonyl (C=O) groups is 1. The molecule has 1 amide bonds. The average molecular weight is 414 g/mol. The molecule has 0 aliphatic rings. The first-order chi connectivity index (χ1) is 12.5. The van der Waals surface area contributed by atoms with Gasteiger partial charge in [-0.1, -0.05) is 22.0 Å². The highest BCUT2D eigenvalue weighted by molar-refractivity contribution is 9.10. The van der Waals surface area contributed by atoms with Gasteiger partial charge >= 0.3 is 0 Å². The van der Waals surface area contributed by atoms with Crippen LogP contribution in [0.4, 0.5) is 5.95 Å². The predicted octanol–water partition coefficient (Wildman–Crippen LogP) is 3.80. The molecular formula is C18H16BrN5O2. The number of hydrogen-bond donors (Lipinski definition) is 2. The fourth-order valence-corrected chi connectivity index (χ4v) is 2.57. The van der Waals surface area contributed by atoms with Crippen LogP contribution in [-0.2, 0) is 0 Å². The van der Waals surface area contributed by atoms with E-state index in [1.54, 1.807) is 12.1 Å². The first-order valence-electron chi connectivity index (χ1n) is 7.78. The minimum absolute atomic E-state index is 0.332. The van der Waals surface area contributed by atoms with Crippen LogP contribution in [0, 0.1) is 13.8 Å². The minimum atomic E-state index is -0.353. The topological polar surface area (TPSA) is 89.0 Å². The molecule has 7 nitrogen and oxygen atoms in total. The summed E-state index contributed by atoms with van der Waals surface area (Å²) in [5.41, 5.74) is 7.24. The van der Waals surface area contributed by atoms with Crippen LogP contribution < -0.4 is 15.6 Å². The van der Waals surface area contributed by atoms with E-state index in [4.69, 9.17) is 4.74 Å². The fraction of sp³-hybridized carbons (Fsp3) is 0.111. The molecule has 0 fully saturated rings. The monoisotopic (exact) mass is 413 g/mol. The number of rotatable bonds is 5. The van der Waals surface area contributed by atoms with Crippen LogP contribution >= 0.6 is 15.9 Å². The second kappa shape index (κ2) is 7.92. The number of pyridine rings is 1. The van der Waals surface area contributed by atoms with Gasteiger partial charge in [-0.2, -0.15) is 0 Å². The number of aromatic nitrogens is 3. The van der Waals surface area contributed by atoms with Gasteiger partial charge in [0.1, 0.15) is 5.75 Å². The summed E-state index contributed by atoms with van der Waals surface area (Å²) in [6.07, 6.45) is 1.44. The summed E-state index contributed by atoms with van der Waals surface area (Å²) in [4.78, 5) is 24.7. The van der Waals surface area contributed by atoms with Gasteiger partial charge in [0.15, 0.2) is 0 Å². The Morgan fingerprint density at radius 1 is 1.08 bits per heavy atom. The van der Waals surface area contributed by atoms with Crippen molar-refractivity contribution < 1.29 is 9.53 Å². The molecule has 0 atom stereocenters. The number of nitrogens with one attached hydrogen (secondary N) is 2. The van der Waals surface area contributed by atoms with Crippen LogP contribution in [0.3, 0.4) is 0 Å². The molecule has 8 heteroatoms. The molecule has 132 valence electrons. The lowest BCUT2D eigenvalue weighted by atomic mass is 10.3. The molecule has 2 N–H and O–H groups in total. The zero-order valence-corrected chi connectivity index (χ0v) is 15.7. The summed E-state index contributed by atoms with van der Waals surface area (Å²) in [6.45, 7) is 3.71. The van der Waals surface area contributed by atoms with Gasteiger partial charge < -0.3 is 4.74 Å². The highest BCUT2D eigenvalue weighted by atomic mass is 79.9. The van der Waals surface area contributed by atoms with Gasteiger partial charge in [0, 0.05) is 28.1 Å². The molecule has 26 heavy (non-hydrogen) atoms. The third-order valence-corrected chi connectivity index (χ3v) is 3.78. The Bertz CT molecular complexity index is 911. The van der Waals surface area contributed by atoms with Gasteiger partial charge in [-0.15, -0.1) is 0 Å². The second-order valence-electron chi connectivity index (χ2n) is 5.50. The summed E-state index contributed by atoms with van der Waals surface area (Å²) in [7, 11) is 0. The maximum Gasteiger partial charge on any atom is 0.271 e. The quantitative estimate of drug-likeness (QED) is 0.618. The van der Waals surface area contributed by atoms with Crippen molar-refractivity contribution in [3.8, 4) is 11.6 Å². The van der Waals surface area contributed by atoms with Crippen LogP contribution in [0.2, 0.25) is 0 Å². The zero-order chi connectivity index (χ0) is 18.5. The summed E-state index contributed by atoms with van der Waals surface area (Å²) in [5, 5.41) is 0. The molecule has 0 aliphatic heterocycles. The highest BCUT2D eigenvalue weighted by Gasteiger charge is 2.08. The van der Waals surface area contributed by atoms with Crippen molar-refractivity contribution in [1.29, 1.82) is 0 Å². The molecule has 0 spiro atoms. The van der Waals surface area contributed by atoms with Crippen LogP contribution in [0.5, 0.6) is 11.6 Å². The first kappa shape index (κ1) is 17.8. The van der Waals surface area contributed by atoms with Gasteiger partial charge in [0.2, 0.25) is 11.8 Å². The third kappa shape index (κ3) is 4.76. The maximum atomic E-state index is 12.2. The van der Waals surface area contributed by atoms with Crippen molar-refractivity contribution in [2.75, 3.05) is 5.43 Å². The molecule has 3 rings (SSSR count). The number of halogens is 1. The largest absolute Gasteiger partial charge is 0.439 e. The van der Waals surface area contributed by atoms with Crippen molar-refractivity contribution in [2.24, 2.45) is 0 Å². The summed E-state index contributed by atoms with van der Waals surface area (Å²) < 4.78 is 6.55. The first-order valence-corrected chi connectivity index (χ1v) is 8.57. The molecule has 0 unspecified atom stereocenters. The number of amides is 1. The van der Waals surface area contributed by atoms with Gasteiger partial charge in [0.25, 0.3) is 5.91 Å². The number of ether oxygens (including phenoxy) is 1. The molecule has 0 radical (unpaired) electrons. The normalized spacial score (nSPS) is 10.3. The zero-order valence-electron chi connectivity index (χ0n) is 14.2. The van der Waals surface area contributed by atoms with E-state index >= 15 is 0 Å². The van der Waals surface area contributed by atoms with Crippen LogP contribution in [0.25, 0.3) is 0 Å². The number of anilines is 1. The van der Waals surface area contributed by atoms with Gasteiger partial charge in [0.05, 0.1) is 5.56 Å². The molecule has 0 bridgehead atoms. The number of hydrogen-bond acceptors (Lipinski definition) is 6. The van der Waals surface area contributed by atoms with E-state index in [0.29, 0.717) is 23.1 Å². The lowest BCUT2D eigenvalue weighted by Gasteiger charge is -2.09. The Morgan fingerprint density at radius 2 is 1.85 bits per heavy atom. The number of carbonyl (C=O) groups excluding carboxylic acids is 1. The molecule has 3 aromatic rings. The Labute approximate surface area is 159 Å². The lowest BCUT2D eigenvalue weighted by Crippen LogP contribution is -2.30. The van der Waals surface area contributed by atoms with Crippen molar-refractivity contribution in [3.63, 3.8) is 0 Å². The lowest BCUT2D eigenvalue weighted by molar-refractivity contribution is 0.0962. The van der Waals surface area contributed by atoms with E-state index in [0.717, 1.165) is 15.9 Å².